The Bertz CT molecular complexity index is 1090. The SMILES string of the molecule is Cc1ccc(C(O)CCCCOc2ccc3c(C)[nH]nc3c2)cc1NS(C)(=O)=O. The number of nitrogens with zero attached hydrogens (tertiary/aromatic N) is 1. The summed E-state index contributed by atoms with van der Waals surface area (Å²) in [7, 11) is -3.36. The summed E-state index contributed by atoms with van der Waals surface area (Å²) in [6.45, 7) is 4.36. The normalized spacial score (nSPS) is 12.8. The molecule has 1 heterocycles. The van der Waals surface area contributed by atoms with Crippen LogP contribution in [0.1, 0.15) is 42.2 Å². The predicted octanol–water partition coefficient (Wildman–Crippen LogP) is 3.83. The molecule has 0 aliphatic rings. The molecule has 156 valence electrons. The third-order valence-corrected chi connectivity index (χ3v) is 5.39. The van der Waals surface area contributed by atoms with Gasteiger partial charge in [0.05, 0.1) is 30.2 Å². The highest BCUT2D eigenvalue weighted by Gasteiger charge is 2.12. The number of unbranched alkanes of at least 4 members (excludes halogenated alkanes) is 1. The van der Waals surface area contributed by atoms with E-state index in [1.807, 2.05) is 44.2 Å². The van der Waals surface area contributed by atoms with Crippen molar-refractivity contribution in [1.29, 1.82) is 0 Å². The lowest BCUT2D eigenvalue weighted by atomic mass is 10.0. The van der Waals surface area contributed by atoms with Crippen LogP contribution >= 0.6 is 0 Å². The molecule has 0 saturated carbocycles. The van der Waals surface area contributed by atoms with Crippen LogP contribution in [0.2, 0.25) is 0 Å². The smallest absolute Gasteiger partial charge is 0.229 e. The molecule has 7 nitrogen and oxygen atoms in total. The fourth-order valence-corrected chi connectivity index (χ4v) is 3.79. The Morgan fingerprint density at radius 2 is 1.97 bits per heavy atom. The van der Waals surface area contributed by atoms with Crippen molar-refractivity contribution in [2.45, 2.75) is 39.2 Å². The zero-order valence-electron chi connectivity index (χ0n) is 16.9. The number of aryl methyl sites for hydroxylation is 2. The quantitative estimate of drug-likeness (QED) is 0.459. The Labute approximate surface area is 171 Å². The molecule has 0 saturated heterocycles. The standard InChI is InChI=1S/C21H27N3O4S/c1-14-7-8-16(12-19(14)24-29(3,26)27)21(25)6-4-5-11-28-17-9-10-18-15(2)22-23-20(18)13-17/h7-10,12-13,21,24-25H,4-6,11H2,1-3H3,(H,22,23). The maximum Gasteiger partial charge on any atom is 0.229 e. The molecule has 0 amide bonds. The molecule has 0 aliphatic heterocycles. The van der Waals surface area contributed by atoms with Crippen molar-refractivity contribution >= 4 is 26.6 Å². The van der Waals surface area contributed by atoms with E-state index in [0.29, 0.717) is 24.3 Å². The van der Waals surface area contributed by atoms with Gasteiger partial charge in [-0.15, -0.1) is 0 Å². The maximum absolute atomic E-state index is 11.5. The van der Waals surface area contributed by atoms with Crippen LogP contribution in [-0.2, 0) is 10.0 Å². The highest BCUT2D eigenvalue weighted by molar-refractivity contribution is 7.92. The van der Waals surface area contributed by atoms with E-state index >= 15 is 0 Å². The van der Waals surface area contributed by atoms with Crippen molar-refractivity contribution in [3.8, 4) is 5.75 Å². The second-order valence-electron chi connectivity index (χ2n) is 7.34. The van der Waals surface area contributed by atoms with Crippen LogP contribution in [0.3, 0.4) is 0 Å². The third-order valence-electron chi connectivity index (χ3n) is 4.80. The fourth-order valence-electron chi connectivity index (χ4n) is 3.17. The van der Waals surface area contributed by atoms with Crippen LogP contribution < -0.4 is 9.46 Å². The summed E-state index contributed by atoms with van der Waals surface area (Å²) >= 11 is 0. The van der Waals surface area contributed by atoms with Crippen LogP contribution in [0.4, 0.5) is 5.69 Å². The lowest BCUT2D eigenvalue weighted by Crippen LogP contribution is -2.11. The number of hydrogen-bond donors (Lipinski definition) is 3. The molecule has 0 fully saturated rings. The number of hydrogen-bond acceptors (Lipinski definition) is 5. The molecular weight excluding hydrogens is 390 g/mol. The molecule has 3 rings (SSSR count). The summed E-state index contributed by atoms with van der Waals surface area (Å²) in [6, 6.07) is 11.2. The van der Waals surface area contributed by atoms with Crippen LogP contribution in [0, 0.1) is 13.8 Å². The summed E-state index contributed by atoms with van der Waals surface area (Å²) in [5, 5.41) is 18.7. The van der Waals surface area contributed by atoms with Gasteiger partial charge in [-0.3, -0.25) is 9.82 Å². The molecule has 3 N–H and O–H groups in total. The van der Waals surface area contributed by atoms with E-state index in [1.165, 1.54) is 0 Å². The lowest BCUT2D eigenvalue weighted by Gasteiger charge is -2.15. The number of nitrogens with one attached hydrogen (secondary N) is 2. The highest BCUT2D eigenvalue weighted by atomic mass is 32.2. The van der Waals surface area contributed by atoms with Gasteiger partial charge in [-0.2, -0.15) is 5.10 Å². The topological polar surface area (TPSA) is 104 Å². The van der Waals surface area contributed by atoms with Gasteiger partial charge in [-0.25, -0.2) is 8.42 Å². The molecule has 0 spiro atoms. The monoisotopic (exact) mass is 417 g/mol. The Morgan fingerprint density at radius 1 is 1.17 bits per heavy atom. The summed E-state index contributed by atoms with van der Waals surface area (Å²) in [6.07, 6.45) is 2.62. The van der Waals surface area contributed by atoms with E-state index in [4.69, 9.17) is 4.74 Å². The van der Waals surface area contributed by atoms with Gasteiger partial charge in [-0.05, 0) is 62.4 Å². The van der Waals surface area contributed by atoms with E-state index in [1.54, 1.807) is 6.07 Å². The molecule has 2 aromatic carbocycles. The van der Waals surface area contributed by atoms with Gasteiger partial charge < -0.3 is 9.84 Å². The molecule has 0 bridgehead atoms. The lowest BCUT2D eigenvalue weighted by molar-refractivity contribution is 0.160. The molecule has 1 aromatic heterocycles. The van der Waals surface area contributed by atoms with Crippen LogP contribution in [0.15, 0.2) is 36.4 Å². The second kappa shape index (κ2) is 8.84. The Kier molecular flexibility index (Phi) is 6.44. The summed E-state index contributed by atoms with van der Waals surface area (Å²) in [5.41, 5.74) is 3.92. The molecule has 8 heteroatoms. The van der Waals surface area contributed by atoms with Crippen molar-refractivity contribution < 1.29 is 18.3 Å². The summed E-state index contributed by atoms with van der Waals surface area (Å²) in [5.74, 6) is 0.777. The molecule has 1 atom stereocenters. The largest absolute Gasteiger partial charge is 0.494 e. The van der Waals surface area contributed by atoms with E-state index in [9.17, 15) is 13.5 Å². The highest BCUT2D eigenvalue weighted by Crippen LogP contribution is 2.26. The minimum atomic E-state index is -3.36. The second-order valence-corrected chi connectivity index (χ2v) is 9.08. The van der Waals surface area contributed by atoms with Gasteiger partial charge >= 0.3 is 0 Å². The van der Waals surface area contributed by atoms with Crippen molar-refractivity contribution in [2.75, 3.05) is 17.6 Å². The zero-order valence-corrected chi connectivity index (χ0v) is 17.7. The minimum absolute atomic E-state index is 0.497. The molecule has 29 heavy (non-hydrogen) atoms. The number of aliphatic hydroxyl groups is 1. The van der Waals surface area contributed by atoms with Crippen molar-refractivity contribution in [3.05, 3.63) is 53.2 Å². The number of aromatic amines is 1. The van der Waals surface area contributed by atoms with Gasteiger partial charge in [0, 0.05) is 17.1 Å². The first kappa shape index (κ1) is 21.1. The number of aliphatic hydroxyl groups excluding tert-OH is 1. The number of sulfonamides is 1. The first-order chi connectivity index (χ1) is 13.7. The van der Waals surface area contributed by atoms with Gasteiger partial charge in [-0.1, -0.05) is 12.1 Å². The Balaban J connectivity index is 1.48. The number of ether oxygens (including phenoxy) is 1. The number of H-pyrrole nitrogens is 1. The van der Waals surface area contributed by atoms with Gasteiger partial charge in [0.1, 0.15) is 5.75 Å². The molecule has 0 radical (unpaired) electrons. The van der Waals surface area contributed by atoms with Crippen molar-refractivity contribution in [2.24, 2.45) is 0 Å². The van der Waals surface area contributed by atoms with Crippen molar-refractivity contribution in [1.82, 2.24) is 10.2 Å². The Hall–Kier alpha value is -2.58. The van der Waals surface area contributed by atoms with E-state index in [2.05, 4.69) is 14.9 Å². The van der Waals surface area contributed by atoms with Crippen LogP contribution in [0.25, 0.3) is 10.9 Å². The number of fused-ring (bicyclic) bond motifs is 1. The van der Waals surface area contributed by atoms with Crippen LogP contribution in [0.5, 0.6) is 5.75 Å². The minimum Gasteiger partial charge on any atom is -0.494 e. The van der Waals surface area contributed by atoms with E-state index in [0.717, 1.165) is 47.0 Å². The average molecular weight is 418 g/mol. The zero-order chi connectivity index (χ0) is 21.0. The molecule has 1 unspecified atom stereocenters. The first-order valence-electron chi connectivity index (χ1n) is 9.57. The summed E-state index contributed by atoms with van der Waals surface area (Å²) in [4.78, 5) is 0. The molecular formula is C21H27N3O4S. The number of anilines is 1. The number of aromatic nitrogens is 2. The van der Waals surface area contributed by atoms with Crippen molar-refractivity contribution in [3.63, 3.8) is 0 Å². The first-order valence-corrected chi connectivity index (χ1v) is 11.5. The van der Waals surface area contributed by atoms with Gasteiger partial charge in [0.2, 0.25) is 10.0 Å². The Morgan fingerprint density at radius 3 is 2.72 bits per heavy atom. The van der Waals surface area contributed by atoms with E-state index in [-0.39, 0.29) is 0 Å². The maximum atomic E-state index is 11.5. The average Bonchev–Trinajstić information content (AvgIpc) is 3.02. The molecule has 0 aliphatic carbocycles. The third kappa shape index (κ3) is 5.71. The van der Waals surface area contributed by atoms with Gasteiger partial charge in [0.25, 0.3) is 0 Å². The van der Waals surface area contributed by atoms with Crippen LogP contribution in [-0.4, -0.2) is 36.6 Å². The fraction of sp³-hybridized carbons (Fsp3) is 0.381. The van der Waals surface area contributed by atoms with Gasteiger partial charge in [0.15, 0.2) is 0 Å². The number of benzene rings is 2. The van der Waals surface area contributed by atoms with E-state index < -0.39 is 16.1 Å². The summed E-state index contributed by atoms with van der Waals surface area (Å²) < 4.78 is 31.2. The predicted molar refractivity (Wildman–Crippen MR) is 115 cm³/mol. The number of rotatable bonds is 9. The molecule has 3 aromatic rings.